The predicted octanol–water partition coefficient (Wildman–Crippen LogP) is 6.31. The van der Waals surface area contributed by atoms with Gasteiger partial charge in [0.05, 0.1) is 5.69 Å². The highest BCUT2D eigenvalue weighted by molar-refractivity contribution is 7.99. The summed E-state index contributed by atoms with van der Waals surface area (Å²) >= 11 is 19.9. The van der Waals surface area contributed by atoms with Gasteiger partial charge in [0.25, 0.3) is 0 Å². The number of hydrogen-bond donors (Lipinski definition) is 1. The molecule has 3 aromatic rings. The smallest absolute Gasteiger partial charge is 0.218 e. The second-order valence-corrected chi connectivity index (χ2v) is 7.54. The van der Waals surface area contributed by atoms with Crippen LogP contribution in [0.3, 0.4) is 0 Å². The number of H-pyrrole nitrogens is 1. The van der Waals surface area contributed by atoms with Crippen LogP contribution in [0.15, 0.2) is 36.4 Å². The number of carbonyl (C=O) groups is 1. The van der Waals surface area contributed by atoms with E-state index in [2.05, 4.69) is 4.98 Å². The molecule has 0 bridgehead atoms. The molecule has 0 amide bonds. The Balaban J connectivity index is 2.32. The topological polar surface area (TPSA) is 42.1 Å². The SMILES string of the molecule is COC(SC)C(=O)c1[nH]c2ccc(Cl)cc2c1-c1ccc(Cl)cc1Cl. The molecule has 0 saturated heterocycles. The van der Waals surface area contributed by atoms with Gasteiger partial charge in [0.1, 0.15) is 0 Å². The third-order valence-corrected chi connectivity index (χ3v) is 5.47. The van der Waals surface area contributed by atoms with Gasteiger partial charge in [0.15, 0.2) is 5.44 Å². The van der Waals surface area contributed by atoms with Crippen LogP contribution >= 0.6 is 46.6 Å². The van der Waals surface area contributed by atoms with Gasteiger partial charge in [0.2, 0.25) is 5.78 Å². The zero-order chi connectivity index (χ0) is 18.1. The summed E-state index contributed by atoms with van der Waals surface area (Å²) in [5.74, 6) is -0.164. The molecule has 0 spiro atoms. The highest BCUT2D eigenvalue weighted by atomic mass is 35.5. The molecule has 7 heteroatoms. The molecule has 2 aromatic carbocycles. The Hall–Kier alpha value is -1.17. The maximum absolute atomic E-state index is 13.0. The standard InChI is InChI=1S/C18H14Cl3NO2S/c1-24-18(25-2)17(23)16-15(11-5-3-10(20)8-13(11)21)12-7-9(19)4-6-14(12)22-16/h3-8,18,22H,1-2H3. The summed E-state index contributed by atoms with van der Waals surface area (Å²) in [6.45, 7) is 0. The first-order valence-electron chi connectivity index (χ1n) is 7.32. The number of rotatable bonds is 5. The van der Waals surface area contributed by atoms with Gasteiger partial charge in [-0.3, -0.25) is 4.79 Å². The van der Waals surface area contributed by atoms with Gasteiger partial charge < -0.3 is 9.72 Å². The first kappa shape index (κ1) is 18.6. The summed E-state index contributed by atoms with van der Waals surface area (Å²) in [4.78, 5) is 16.1. The van der Waals surface area contributed by atoms with Crippen molar-refractivity contribution in [1.82, 2.24) is 4.98 Å². The summed E-state index contributed by atoms with van der Waals surface area (Å²) in [7, 11) is 1.51. The Bertz CT molecular complexity index is 951. The fourth-order valence-corrected chi connectivity index (χ4v) is 3.95. The molecule has 3 rings (SSSR count). The molecule has 0 saturated carbocycles. The number of ether oxygens (including phenoxy) is 1. The summed E-state index contributed by atoms with van der Waals surface area (Å²) in [5.41, 5.74) is 2.01. The maximum atomic E-state index is 13.0. The molecular formula is C18H14Cl3NO2S. The number of fused-ring (bicyclic) bond motifs is 1. The molecule has 1 aromatic heterocycles. The van der Waals surface area contributed by atoms with Crippen molar-refractivity contribution in [2.75, 3.05) is 13.4 Å². The monoisotopic (exact) mass is 413 g/mol. The third kappa shape index (κ3) is 3.55. The van der Waals surface area contributed by atoms with Crippen molar-refractivity contribution >= 4 is 63.3 Å². The van der Waals surface area contributed by atoms with Crippen LogP contribution in [-0.4, -0.2) is 29.6 Å². The van der Waals surface area contributed by atoms with Crippen molar-refractivity contribution in [2.24, 2.45) is 0 Å². The van der Waals surface area contributed by atoms with E-state index in [1.54, 1.807) is 24.3 Å². The molecular weight excluding hydrogens is 401 g/mol. The average molecular weight is 415 g/mol. The van der Waals surface area contributed by atoms with E-state index in [4.69, 9.17) is 39.5 Å². The minimum absolute atomic E-state index is 0.164. The number of ketones is 1. The average Bonchev–Trinajstić information content (AvgIpc) is 2.94. The van der Waals surface area contributed by atoms with E-state index in [1.165, 1.54) is 18.9 Å². The van der Waals surface area contributed by atoms with E-state index >= 15 is 0 Å². The van der Waals surface area contributed by atoms with Crippen LogP contribution in [-0.2, 0) is 4.74 Å². The molecule has 25 heavy (non-hydrogen) atoms. The number of halogens is 3. The Morgan fingerprint density at radius 1 is 1.12 bits per heavy atom. The molecule has 0 aliphatic heterocycles. The largest absolute Gasteiger partial charge is 0.362 e. The second-order valence-electron chi connectivity index (χ2n) is 5.36. The third-order valence-electron chi connectivity index (χ3n) is 3.85. The lowest BCUT2D eigenvalue weighted by atomic mass is 10.00. The van der Waals surface area contributed by atoms with E-state index in [0.717, 1.165) is 10.9 Å². The Morgan fingerprint density at radius 3 is 2.44 bits per heavy atom. The van der Waals surface area contributed by atoms with Crippen molar-refractivity contribution in [3.63, 3.8) is 0 Å². The lowest BCUT2D eigenvalue weighted by molar-refractivity contribution is 0.0791. The van der Waals surface area contributed by atoms with Crippen molar-refractivity contribution in [1.29, 1.82) is 0 Å². The first-order valence-corrected chi connectivity index (χ1v) is 9.75. The molecule has 3 nitrogen and oxygen atoms in total. The summed E-state index contributed by atoms with van der Waals surface area (Å²) in [6, 6.07) is 10.6. The predicted molar refractivity (Wildman–Crippen MR) is 107 cm³/mol. The van der Waals surface area contributed by atoms with E-state index < -0.39 is 5.44 Å². The van der Waals surface area contributed by atoms with Crippen molar-refractivity contribution < 1.29 is 9.53 Å². The van der Waals surface area contributed by atoms with Crippen LogP contribution in [0, 0.1) is 0 Å². The van der Waals surface area contributed by atoms with Crippen LogP contribution < -0.4 is 0 Å². The van der Waals surface area contributed by atoms with E-state index in [9.17, 15) is 4.79 Å². The number of carbonyl (C=O) groups excluding carboxylic acids is 1. The first-order chi connectivity index (χ1) is 12.0. The molecule has 1 unspecified atom stereocenters. The van der Waals surface area contributed by atoms with Gasteiger partial charge in [-0.25, -0.2) is 0 Å². The lowest BCUT2D eigenvalue weighted by Crippen LogP contribution is -2.20. The van der Waals surface area contributed by atoms with Gasteiger partial charge in [0, 0.05) is 44.2 Å². The normalized spacial score (nSPS) is 12.5. The molecule has 0 radical (unpaired) electrons. The van der Waals surface area contributed by atoms with Crippen LogP contribution in [0.25, 0.3) is 22.0 Å². The van der Waals surface area contributed by atoms with Crippen molar-refractivity contribution in [3.8, 4) is 11.1 Å². The number of nitrogens with one attached hydrogen (secondary N) is 1. The van der Waals surface area contributed by atoms with E-state index in [1.807, 2.05) is 18.4 Å². The molecule has 0 fully saturated rings. The van der Waals surface area contributed by atoms with Crippen LogP contribution in [0.5, 0.6) is 0 Å². The van der Waals surface area contributed by atoms with Gasteiger partial charge >= 0.3 is 0 Å². The Morgan fingerprint density at radius 2 is 1.80 bits per heavy atom. The fourth-order valence-electron chi connectivity index (χ4n) is 2.75. The molecule has 1 atom stereocenters. The molecule has 0 aliphatic rings. The van der Waals surface area contributed by atoms with Gasteiger partial charge in [-0.2, -0.15) is 0 Å². The minimum atomic E-state index is -0.617. The molecule has 130 valence electrons. The van der Waals surface area contributed by atoms with E-state index in [-0.39, 0.29) is 5.78 Å². The minimum Gasteiger partial charge on any atom is -0.362 e. The number of methoxy groups -OCH3 is 1. The molecule has 1 N–H and O–H groups in total. The zero-order valence-corrected chi connectivity index (χ0v) is 16.5. The Labute approximate surface area is 164 Å². The molecule has 1 heterocycles. The maximum Gasteiger partial charge on any atom is 0.218 e. The highest BCUT2D eigenvalue weighted by Crippen LogP contribution is 2.39. The number of thioether (sulfide) groups is 1. The number of benzene rings is 2. The summed E-state index contributed by atoms with van der Waals surface area (Å²) < 4.78 is 5.29. The van der Waals surface area contributed by atoms with Gasteiger partial charge in [-0.05, 0) is 36.6 Å². The van der Waals surface area contributed by atoms with Crippen molar-refractivity contribution in [2.45, 2.75) is 5.44 Å². The van der Waals surface area contributed by atoms with Crippen LogP contribution in [0.2, 0.25) is 15.1 Å². The quantitative estimate of drug-likeness (QED) is 0.393. The van der Waals surface area contributed by atoms with Crippen LogP contribution in [0.4, 0.5) is 0 Å². The number of hydrogen-bond acceptors (Lipinski definition) is 3. The second kappa shape index (κ2) is 7.60. The van der Waals surface area contributed by atoms with Crippen molar-refractivity contribution in [3.05, 3.63) is 57.2 Å². The fraction of sp³-hybridized carbons (Fsp3) is 0.167. The summed E-state index contributed by atoms with van der Waals surface area (Å²) in [6.07, 6.45) is 1.82. The number of aromatic nitrogens is 1. The highest BCUT2D eigenvalue weighted by Gasteiger charge is 2.26. The van der Waals surface area contributed by atoms with Crippen LogP contribution in [0.1, 0.15) is 10.5 Å². The number of Topliss-reactive ketones (excluding diaryl/α,β-unsaturated/α-hetero) is 1. The zero-order valence-electron chi connectivity index (χ0n) is 13.4. The molecule has 0 aliphatic carbocycles. The van der Waals surface area contributed by atoms with E-state index in [0.29, 0.717) is 31.9 Å². The van der Waals surface area contributed by atoms with Gasteiger partial charge in [-0.1, -0.05) is 40.9 Å². The lowest BCUT2D eigenvalue weighted by Gasteiger charge is -2.12. The Kier molecular flexibility index (Phi) is 5.66. The number of aromatic amines is 1. The van der Waals surface area contributed by atoms with Gasteiger partial charge in [-0.15, -0.1) is 11.8 Å². The summed E-state index contributed by atoms with van der Waals surface area (Å²) in [5, 5.41) is 2.37.